The zero-order valence-electron chi connectivity index (χ0n) is 24.0. The highest BCUT2D eigenvalue weighted by Crippen LogP contribution is 2.54. The number of amides is 3. The van der Waals surface area contributed by atoms with Crippen LogP contribution in [0.1, 0.15) is 33.6 Å². The number of rotatable bonds is 8. The number of nitrogens with zero attached hydrogens (tertiary/aromatic N) is 2. The van der Waals surface area contributed by atoms with Crippen LogP contribution in [-0.4, -0.2) is 47.2 Å². The molecule has 2 aliphatic rings. The molecule has 1 fully saturated rings. The summed E-state index contributed by atoms with van der Waals surface area (Å²) in [5.74, 6) is -2.37. The number of fused-ring (bicyclic) bond motifs is 2. The molecule has 4 aromatic rings. The van der Waals surface area contributed by atoms with E-state index in [1.54, 1.807) is 74.7 Å². The molecule has 6 rings (SSSR count). The minimum absolute atomic E-state index is 0.248. The van der Waals surface area contributed by atoms with Crippen molar-refractivity contribution in [2.75, 3.05) is 23.9 Å². The summed E-state index contributed by atoms with van der Waals surface area (Å²) in [6.45, 7) is 1.66. The van der Waals surface area contributed by atoms with E-state index in [1.807, 2.05) is 12.1 Å². The Labute approximate surface area is 274 Å². The van der Waals surface area contributed by atoms with E-state index in [4.69, 9.17) is 9.47 Å². The molecule has 1 N–H and O–H groups in total. The highest BCUT2D eigenvalue weighted by Gasteiger charge is 2.56. The van der Waals surface area contributed by atoms with E-state index in [0.717, 1.165) is 33.1 Å². The van der Waals surface area contributed by atoms with E-state index in [2.05, 4.69) is 21.2 Å². The number of ether oxygens (including phenoxy) is 2. The van der Waals surface area contributed by atoms with Gasteiger partial charge in [-0.05, 0) is 73.2 Å². The molecule has 0 spiro atoms. The summed E-state index contributed by atoms with van der Waals surface area (Å²) < 4.78 is 12.5. The Morgan fingerprint density at radius 1 is 0.933 bits per heavy atom. The number of carbonyl (C=O) groups excluding carboxylic acids is 4. The third kappa shape index (κ3) is 5.83. The molecule has 0 radical (unpaired) electrons. The topological polar surface area (TPSA) is 124 Å². The maximum Gasteiger partial charge on any atom is 0.338 e. The molecule has 45 heavy (non-hydrogen) atoms. The van der Waals surface area contributed by atoms with E-state index in [-0.39, 0.29) is 29.8 Å². The number of esters is 1. The maximum absolute atomic E-state index is 14.0. The second-order valence-electron chi connectivity index (χ2n) is 10.3. The van der Waals surface area contributed by atoms with E-state index >= 15 is 0 Å². The van der Waals surface area contributed by atoms with Crippen molar-refractivity contribution >= 4 is 74.1 Å². The molecule has 3 heterocycles. The predicted octanol–water partition coefficient (Wildman–Crippen LogP) is 5.29. The van der Waals surface area contributed by atoms with Gasteiger partial charge in [0.1, 0.15) is 17.5 Å². The maximum atomic E-state index is 14.0. The number of hydrogen-bond donors (Lipinski definition) is 1. The molecule has 230 valence electrons. The Morgan fingerprint density at radius 2 is 1.62 bits per heavy atom. The first kappa shape index (κ1) is 30.8. The summed E-state index contributed by atoms with van der Waals surface area (Å²) in [5.41, 5.74) is 2.01. The highest BCUT2D eigenvalue weighted by atomic mass is 79.9. The molecule has 0 bridgehead atoms. The van der Waals surface area contributed by atoms with Gasteiger partial charge in [0.2, 0.25) is 17.7 Å². The van der Waals surface area contributed by atoms with Crippen LogP contribution in [-0.2, 0) is 25.7 Å². The van der Waals surface area contributed by atoms with E-state index < -0.39 is 29.0 Å². The fraction of sp³-hybridized carbons (Fsp3) is 0.219. The first-order valence-electron chi connectivity index (χ1n) is 13.9. The number of aromatic nitrogens is 1. The van der Waals surface area contributed by atoms with Gasteiger partial charge in [-0.2, -0.15) is 0 Å². The van der Waals surface area contributed by atoms with Crippen molar-refractivity contribution in [3.8, 4) is 5.75 Å². The number of benzene rings is 3. The Morgan fingerprint density at radius 3 is 2.27 bits per heavy atom. The number of thioether (sulfide) groups is 1. The van der Waals surface area contributed by atoms with Crippen LogP contribution < -0.4 is 19.8 Å². The molecule has 1 aromatic heterocycles. The molecule has 10 nitrogen and oxygen atoms in total. The molecule has 1 saturated heterocycles. The number of halogens is 1. The molecule has 3 atom stereocenters. The van der Waals surface area contributed by atoms with Gasteiger partial charge in [-0.3, -0.25) is 23.7 Å². The van der Waals surface area contributed by atoms with Crippen molar-refractivity contribution in [1.29, 1.82) is 0 Å². The fourth-order valence-electron chi connectivity index (χ4n) is 5.52. The van der Waals surface area contributed by atoms with Gasteiger partial charge < -0.3 is 14.8 Å². The second-order valence-corrected chi connectivity index (χ2v) is 13.3. The number of anilines is 2. The summed E-state index contributed by atoms with van der Waals surface area (Å²) in [4.78, 5) is 67.9. The van der Waals surface area contributed by atoms with Crippen molar-refractivity contribution < 1.29 is 28.7 Å². The minimum Gasteiger partial charge on any atom is -0.497 e. The van der Waals surface area contributed by atoms with Crippen LogP contribution in [0.5, 0.6) is 5.75 Å². The van der Waals surface area contributed by atoms with Gasteiger partial charge in [0.05, 0.1) is 35.9 Å². The number of hydrogen-bond acceptors (Lipinski definition) is 9. The van der Waals surface area contributed by atoms with Gasteiger partial charge in [0, 0.05) is 21.0 Å². The van der Waals surface area contributed by atoms with Gasteiger partial charge in [0.15, 0.2) is 0 Å². The number of nitrogens with one attached hydrogen (secondary N) is 1. The first-order valence-corrected chi connectivity index (χ1v) is 16.4. The third-order valence-corrected chi connectivity index (χ3v) is 10.7. The first-order chi connectivity index (χ1) is 21.7. The van der Waals surface area contributed by atoms with Gasteiger partial charge in [-0.15, -0.1) is 0 Å². The predicted molar refractivity (Wildman–Crippen MR) is 174 cm³/mol. The summed E-state index contributed by atoms with van der Waals surface area (Å²) in [6.07, 6.45) is 0. The lowest BCUT2D eigenvalue weighted by Gasteiger charge is -2.30. The Balaban J connectivity index is 1.34. The largest absolute Gasteiger partial charge is 0.497 e. The monoisotopic (exact) mass is 707 g/mol. The fourth-order valence-corrected chi connectivity index (χ4v) is 8.56. The van der Waals surface area contributed by atoms with Crippen LogP contribution in [0.25, 0.3) is 0 Å². The SMILES string of the molecule is CCOC(=O)c1ccc(NC(=O)Cn2c3c(sc2=O)[C@H](c2ccc(OC)cc2)C2C(=O)N(c4ccc(Br)cc4)C(=O)C2S3)cc1. The lowest BCUT2D eigenvalue weighted by Crippen LogP contribution is -2.33. The van der Waals surface area contributed by atoms with Crippen molar-refractivity contribution in [2.24, 2.45) is 5.92 Å². The Kier molecular flexibility index (Phi) is 8.67. The van der Waals surface area contributed by atoms with Crippen LogP contribution in [0.2, 0.25) is 0 Å². The molecule has 0 aliphatic carbocycles. The summed E-state index contributed by atoms with van der Waals surface area (Å²) >= 11 is 5.52. The van der Waals surface area contributed by atoms with E-state index in [0.29, 0.717) is 32.6 Å². The number of carbonyl (C=O) groups is 4. The average Bonchev–Trinajstić information content (AvgIpc) is 3.48. The molecule has 3 amide bonds. The lowest BCUT2D eigenvalue weighted by molar-refractivity contribution is -0.122. The van der Waals surface area contributed by atoms with Gasteiger partial charge in [-0.25, -0.2) is 9.69 Å². The van der Waals surface area contributed by atoms with Crippen LogP contribution in [0, 0.1) is 5.92 Å². The smallest absolute Gasteiger partial charge is 0.338 e. The summed E-state index contributed by atoms with van der Waals surface area (Å²) in [7, 11) is 1.56. The molecule has 0 saturated carbocycles. The number of thiazole rings is 1. The lowest BCUT2D eigenvalue weighted by atomic mass is 9.83. The van der Waals surface area contributed by atoms with Crippen molar-refractivity contribution in [1.82, 2.24) is 4.57 Å². The Bertz CT molecular complexity index is 1850. The zero-order chi connectivity index (χ0) is 31.8. The minimum atomic E-state index is -0.806. The van der Waals surface area contributed by atoms with E-state index in [1.165, 1.54) is 9.47 Å². The molecular formula is C32H26BrN3O7S2. The average molecular weight is 709 g/mol. The molecule has 2 unspecified atom stereocenters. The van der Waals surface area contributed by atoms with E-state index in [9.17, 15) is 24.0 Å². The number of methoxy groups -OCH3 is 1. The molecular weight excluding hydrogens is 682 g/mol. The van der Waals surface area contributed by atoms with Crippen molar-refractivity contribution in [3.05, 3.63) is 103 Å². The third-order valence-electron chi connectivity index (χ3n) is 7.59. The van der Waals surface area contributed by atoms with Crippen LogP contribution in [0.15, 0.2) is 87.1 Å². The van der Waals surface area contributed by atoms with Crippen molar-refractivity contribution in [2.45, 2.75) is 29.7 Å². The number of imide groups is 1. The summed E-state index contributed by atoms with van der Waals surface area (Å²) in [6, 6.07) is 20.4. The Hall–Kier alpha value is -4.20. The second kappa shape index (κ2) is 12.7. The quantitative estimate of drug-likeness (QED) is 0.194. The normalized spacial score (nSPS) is 18.7. The molecule has 13 heteroatoms. The summed E-state index contributed by atoms with van der Waals surface area (Å²) in [5, 5.41) is 2.44. The van der Waals surface area contributed by atoms with Crippen molar-refractivity contribution in [3.63, 3.8) is 0 Å². The highest BCUT2D eigenvalue weighted by molar-refractivity contribution is 9.10. The van der Waals surface area contributed by atoms with Gasteiger partial charge >= 0.3 is 10.8 Å². The zero-order valence-corrected chi connectivity index (χ0v) is 27.2. The van der Waals surface area contributed by atoms with Gasteiger partial charge in [-0.1, -0.05) is 51.2 Å². The molecule has 3 aromatic carbocycles. The van der Waals surface area contributed by atoms with Crippen LogP contribution in [0.3, 0.4) is 0 Å². The van der Waals surface area contributed by atoms with Gasteiger partial charge in [0.25, 0.3) is 0 Å². The van der Waals surface area contributed by atoms with Crippen LogP contribution in [0.4, 0.5) is 11.4 Å². The molecule has 2 aliphatic heterocycles. The van der Waals surface area contributed by atoms with Crippen LogP contribution >= 0.6 is 39.0 Å². The standard InChI is InChI=1S/C32H26BrN3O7S2/c1-3-43-31(40)18-4-10-20(11-5-18)34-23(37)16-35-30-27(45-32(35)41)24(17-6-14-22(42-2)15-7-17)25-26(44-30)29(39)36(28(25)38)21-12-8-19(33)9-13-21/h4-15,24-26H,3,16H2,1-2H3,(H,34,37)/t24-,25?,26?/m1/s1.